The van der Waals surface area contributed by atoms with E-state index < -0.39 is 5.97 Å². The number of nitrogens with zero attached hydrogens (tertiary/aromatic N) is 1. The standard InChI is InChI=1S/C17H31NO3/c1-6-10-11-12-16(21-17(20)7-2)14(5)15(19)13-18(8-3)9-4/h7,14,16H,2,6,8-13H2,1,3-5H3. The van der Waals surface area contributed by atoms with Crippen LogP contribution in [0.1, 0.15) is 53.4 Å². The Morgan fingerprint density at radius 1 is 1.19 bits per heavy atom. The van der Waals surface area contributed by atoms with Gasteiger partial charge < -0.3 is 4.74 Å². The molecule has 0 aliphatic rings. The summed E-state index contributed by atoms with van der Waals surface area (Å²) in [5.74, 6) is -0.581. The molecule has 0 aliphatic carbocycles. The first-order chi connectivity index (χ1) is 9.99. The Balaban J connectivity index is 4.65. The third-order valence-corrected chi connectivity index (χ3v) is 3.87. The van der Waals surface area contributed by atoms with Crippen LogP contribution in [0.5, 0.6) is 0 Å². The monoisotopic (exact) mass is 297 g/mol. The van der Waals surface area contributed by atoms with Crippen LogP contribution < -0.4 is 0 Å². The first-order valence-electron chi connectivity index (χ1n) is 8.08. The fourth-order valence-electron chi connectivity index (χ4n) is 2.22. The number of carbonyl (C=O) groups excluding carboxylic acids is 2. The number of ether oxygens (including phenoxy) is 1. The predicted molar refractivity (Wildman–Crippen MR) is 86.2 cm³/mol. The van der Waals surface area contributed by atoms with Crippen LogP contribution in [0.2, 0.25) is 0 Å². The van der Waals surface area contributed by atoms with Crippen molar-refractivity contribution in [3.05, 3.63) is 12.7 Å². The van der Waals surface area contributed by atoms with E-state index in [0.717, 1.165) is 44.8 Å². The summed E-state index contributed by atoms with van der Waals surface area (Å²) >= 11 is 0. The number of ketones is 1. The summed E-state index contributed by atoms with van der Waals surface area (Å²) in [7, 11) is 0. The minimum absolute atomic E-state index is 0.136. The molecule has 4 nitrogen and oxygen atoms in total. The average molecular weight is 297 g/mol. The highest BCUT2D eigenvalue weighted by atomic mass is 16.5. The lowest BCUT2D eigenvalue weighted by molar-refractivity contribution is -0.148. The van der Waals surface area contributed by atoms with Gasteiger partial charge in [0.05, 0.1) is 12.5 Å². The van der Waals surface area contributed by atoms with Crippen molar-refractivity contribution in [2.24, 2.45) is 5.92 Å². The summed E-state index contributed by atoms with van der Waals surface area (Å²) in [5, 5.41) is 0. The van der Waals surface area contributed by atoms with E-state index in [2.05, 4.69) is 18.4 Å². The summed E-state index contributed by atoms with van der Waals surface area (Å²) in [5.41, 5.74) is 0. The third-order valence-electron chi connectivity index (χ3n) is 3.87. The molecule has 2 unspecified atom stereocenters. The molecule has 0 aromatic carbocycles. The van der Waals surface area contributed by atoms with Crippen LogP contribution in [0.4, 0.5) is 0 Å². The van der Waals surface area contributed by atoms with Gasteiger partial charge in [0.1, 0.15) is 6.10 Å². The van der Waals surface area contributed by atoms with E-state index in [1.165, 1.54) is 0 Å². The summed E-state index contributed by atoms with van der Waals surface area (Å²) in [6.45, 7) is 13.6. The van der Waals surface area contributed by atoms with E-state index >= 15 is 0 Å². The maximum absolute atomic E-state index is 12.4. The largest absolute Gasteiger partial charge is 0.458 e. The molecule has 122 valence electrons. The van der Waals surface area contributed by atoms with Gasteiger partial charge in [-0.15, -0.1) is 0 Å². The van der Waals surface area contributed by atoms with Crippen molar-refractivity contribution in [3.63, 3.8) is 0 Å². The van der Waals surface area contributed by atoms with Crippen LogP contribution >= 0.6 is 0 Å². The second-order valence-corrected chi connectivity index (χ2v) is 5.39. The van der Waals surface area contributed by atoms with Gasteiger partial charge in [-0.05, 0) is 25.9 Å². The van der Waals surface area contributed by atoms with Gasteiger partial charge in [0.2, 0.25) is 0 Å². The van der Waals surface area contributed by atoms with E-state index in [1.54, 1.807) is 0 Å². The Morgan fingerprint density at radius 2 is 1.81 bits per heavy atom. The van der Waals surface area contributed by atoms with Crippen LogP contribution in [-0.2, 0) is 14.3 Å². The SMILES string of the molecule is C=CC(=O)OC(CCCCC)C(C)C(=O)CN(CC)CC. The number of hydrogen-bond acceptors (Lipinski definition) is 4. The van der Waals surface area contributed by atoms with Gasteiger partial charge in [0, 0.05) is 6.08 Å². The van der Waals surface area contributed by atoms with Crippen LogP contribution in [0.25, 0.3) is 0 Å². The van der Waals surface area contributed by atoms with Crippen molar-refractivity contribution < 1.29 is 14.3 Å². The van der Waals surface area contributed by atoms with E-state index in [-0.39, 0.29) is 17.8 Å². The van der Waals surface area contributed by atoms with Crippen molar-refractivity contribution in [1.82, 2.24) is 4.90 Å². The Kier molecular flexibility index (Phi) is 10.9. The quantitative estimate of drug-likeness (QED) is 0.315. The number of rotatable bonds is 12. The van der Waals surface area contributed by atoms with E-state index in [0.29, 0.717) is 6.54 Å². The molecule has 0 rings (SSSR count). The molecule has 0 N–H and O–H groups in total. The third kappa shape index (κ3) is 8.00. The summed E-state index contributed by atoms with van der Waals surface area (Å²) in [6.07, 6.45) is 4.70. The van der Waals surface area contributed by atoms with E-state index in [9.17, 15) is 9.59 Å². The van der Waals surface area contributed by atoms with Crippen LogP contribution in [0, 0.1) is 5.92 Å². The Hall–Kier alpha value is -1.16. The minimum Gasteiger partial charge on any atom is -0.458 e. The van der Waals surface area contributed by atoms with Gasteiger partial charge in [-0.1, -0.05) is 47.1 Å². The molecular weight excluding hydrogens is 266 g/mol. The molecule has 0 aromatic heterocycles. The Bertz CT molecular complexity index is 324. The molecule has 0 saturated heterocycles. The van der Waals surface area contributed by atoms with Gasteiger partial charge in [-0.3, -0.25) is 9.69 Å². The fourth-order valence-corrected chi connectivity index (χ4v) is 2.22. The second kappa shape index (κ2) is 11.5. The number of Topliss-reactive ketones (excluding diaryl/α,β-unsaturated/α-hetero) is 1. The second-order valence-electron chi connectivity index (χ2n) is 5.39. The zero-order valence-electron chi connectivity index (χ0n) is 14.1. The predicted octanol–water partition coefficient (Wildman–Crippen LogP) is 3.21. The van der Waals surface area contributed by atoms with Crippen molar-refractivity contribution >= 4 is 11.8 Å². The maximum atomic E-state index is 12.4. The summed E-state index contributed by atoms with van der Waals surface area (Å²) in [4.78, 5) is 25.9. The number of unbranched alkanes of at least 4 members (excludes halogenated alkanes) is 2. The van der Waals surface area contributed by atoms with Crippen molar-refractivity contribution in [1.29, 1.82) is 0 Å². The summed E-state index contributed by atoms with van der Waals surface area (Å²) in [6, 6.07) is 0. The lowest BCUT2D eigenvalue weighted by Gasteiger charge is -2.25. The molecule has 0 radical (unpaired) electrons. The van der Waals surface area contributed by atoms with E-state index in [4.69, 9.17) is 4.74 Å². The molecule has 0 saturated carbocycles. The number of likely N-dealkylation sites (N-methyl/N-ethyl adjacent to an activating group) is 1. The van der Waals surface area contributed by atoms with Crippen molar-refractivity contribution in [3.8, 4) is 0 Å². The highest BCUT2D eigenvalue weighted by Gasteiger charge is 2.27. The molecule has 0 amide bonds. The Labute approximate surface area is 129 Å². The average Bonchev–Trinajstić information content (AvgIpc) is 2.50. The fraction of sp³-hybridized carbons (Fsp3) is 0.765. The molecule has 2 atom stereocenters. The van der Waals surface area contributed by atoms with Gasteiger partial charge in [0.15, 0.2) is 5.78 Å². The Morgan fingerprint density at radius 3 is 2.29 bits per heavy atom. The molecule has 0 spiro atoms. The van der Waals surface area contributed by atoms with Gasteiger partial charge in [-0.25, -0.2) is 4.79 Å². The molecule has 0 aromatic rings. The molecular formula is C17H31NO3. The maximum Gasteiger partial charge on any atom is 0.330 e. The first kappa shape index (κ1) is 19.8. The van der Waals surface area contributed by atoms with Crippen LogP contribution in [0.3, 0.4) is 0 Å². The topological polar surface area (TPSA) is 46.6 Å². The van der Waals surface area contributed by atoms with Crippen LogP contribution in [-0.4, -0.2) is 42.4 Å². The number of esters is 1. The molecule has 21 heavy (non-hydrogen) atoms. The number of carbonyl (C=O) groups is 2. The molecule has 0 fully saturated rings. The molecule has 0 aliphatic heterocycles. The summed E-state index contributed by atoms with van der Waals surface area (Å²) < 4.78 is 5.38. The van der Waals surface area contributed by atoms with Gasteiger partial charge in [-0.2, -0.15) is 0 Å². The van der Waals surface area contributed by atoms with Crippen molar-refractivity contribution in [2.75, 3.05) is 19.6 Å². The molecule has 4 heteroatoms. The van der Waals surface area contributed by atoms with E-state index in [1.807, 2.05) is 20.8 Å². The van der Waals surface area contributed by atoms with Gasteiger partial charge >= 0.3 is 5.97 Å². The van der Waals surface area contributed by atoms with Gasteiger partial charge in [0.25, 0.3) is 0 Å². The smallest absolute Gasteiger partial charge is 0.330 e. The zero-order valence-corrected chi connectivity index (χ0v) is 14.1. The zero-order chi connectivity index (χ0) is 16.3. The highest BCUT2D eigenvalue weighted by Crippen LogP contribution is 2.17. The molecule has 0 bridgehead atoms. The highest BCUT2D eigenvalue weighted by molar-refractivity contribution is 5.85. The minimum atomic E-state index is -0.445. The van der Waals surface area contributed by atoms with Crippen molar-refractivity contribution in [2.45, 2.75) is 59.5 Å². The number of hydrogen-bond donors (Lipinski definition) is 0. The van der Waals surface area contributed by atoms with Crippen LogP contribution in [0.15, 0.2) is 12.7 Å². The lowest BCUT2D eigenvalue weighted by atomic mass is 9.94. The first-order valence-corrected chi connectivity index (χ1v) is 8.08. The molecule has 0 heterocycles. The lowest BCUT2D eigenvalue weighted by Crippen LogP contribution is -2.38. The normalized spacial score (nSPS) is 13.8.